The number of halogens is 1. The lowest BCUT2D eigenvalue weighted by molar-refractivity contribution is 0.218. The number of aryl methyl sites for hydroxylation is 1. The number of hydrogen-bond acceptors (Lipinski definition) is 5. The van der Waals surface area contributed by atoms with Crippen molar-refractivity contribution in [3.63, 3.8) is 0 Å². The van der Waals surface area contributed by atoms with Gasteiger partial charge in [0.25, 0.3) is 0 Å². The van der Waals surface area contributed by atoms with E-state index in [1.165, 1.54) is 0 Å². The van der Waals surface area contributed by atoms with Crippen molar-refractivity contribution in [2.75, 3.05) is 21.3 Å². The summed E-state index contributed by atoms with van der Waals surface area (Å²) in [6.45, 7) is 1.98. The highest BCUT2D eigenvalue weighted by molar-refractivity contribution is 9.11. The summed E-state index contributed by atoms with van der Waals surface area (Å²) >= 11 is 5.03. The van der Waals surface area contributed by atoms with E-state index in [1.54, 1.807) is 44.8 Å². The van der Waals surface area contributed by atoms with Crippen LogP contribution in [-0.4, -0.2) is 26.4 Å². The molecule has 0 aliphatic heterocycles. The highest BCUT2D eigenvalue weighted by atomic mass is 79.9. The molecule has 0 bridgehead atoms. The van der Waals surface area contributed by atoms with Crippen LogP contribution >= 0.6 is 27.3 Å². The van der Waals surface area contributed by atoms with Gasteiger partial charge in [0.1, 0.15) is 6.10 Å². The van der Waals surface area contributed by atoms with Crippen molar-refractivity contribution in [2.45, 2.75) is 13.0 Å². The number of methoxy groups -OCH3 is 3. The normalized spacial score (nSPS) is 12.1. The average Bonchev–Trinajstić information content (AvgIpc) is 2.83. The fourth-order valence-electron chi connectivity index (χ4n) is 2.17. The molecule has 0 saturated heterocycles. The fourth-order valence-corrected chi connectivity index (χ4v) is 3.91. The Kier molecular flexibility index (Phi) is 5.13. The average molecular weight is 373 g/mol. The molecule has 21 heavy (non-hydrogen) atoms. The van der Waals surface area contributed by atoms with E-state index in [2.05, 4.69) is 15.9 Å². The van der Waals surface area contributed by atoms with Crippen molar-refractivity contribution in [1.29, 1.82) is 0 Å². The molecule has 0 radical (unpaired) electrons. The van der Waals surface area contributed by atoms with E-state index in [9.17, 15) is 5.11 Å². The summed E-state index contributed by atoms with van der Waals surface area (Å²) < 4.78 is 16.9. The van der Waals surface area contributed by atoms with Gasteiger partial charge in [0.15, 0.2) is 11.5 Å². The Bertz CT molecular complexity index is 614. The summed E-state index contributed by atoms with van der Waals surface area (Å²) in [7, 11) is 4.66. The number of rotatable bonds is 5. The van der Waals surface area contributed by atoms with Crippen molar-refractivity contribution >= 4 is 27.3 Å². The predicted molar refractivity (Wildman–Crippen MR) is 86.9 cm³/mol. The molecule has 1 unspecified atom stereocenters. The van der Waals surface area contributed by atoms with E-state index in [0.717, 1.165) is 14.2 Å². The lowest BCUT2D eigenvalue weighted by Gasteiger charge is -2.17. The van der Waals surface area contributed by atoms with Crippen LogP contribution in [0.15, 0.2) is 22.0 Å². The van der Waals surface area contributed by atoms with Crippen LogP contribution in [-0.2, 0) is 0 Å². The first-order valence-corrected chi connectivity index (χ1v) is 7.86. The van der Waals surface area contributed by atoms with Crippen LogP contribution in [0, 0.1) is 6.92 Å². The van der Waals surface area contributed by atoms with Crippen molar-refractivity contribution in [1.82, 2.24) is 0 Å². The molecule has 1 aromatic carbocycles. The molecule has 2 aromatic rings. The third-order valence-corrected chi connectivity index (χ3v) is 4.79. The molecule has 2 rings (SSSR count). The zero-order valence-electron chi connectivity index (χ0n) is 12.3. The quantitative estimate of drug-likeness (QED) is 0.863. The summed E-state index contributed by atoms with van der Waals surface area (Å²) in [6.07, 6.45) is -0.749. The second-order valence-corrected chi connectivity index (χ2v) is 7.06. The van der Waals surface area contributed by atoms with Gasteiger partial charge in [-0.3, -0.25) is 0 Å². The van der Waals surface area contributed by atoms with Crippen LogP contribution in [0.3, 0.4) is 0 Å². The lowest BCUT2D eigenvalue weighted by atomic mass is 10.0. The first kappa shape index (κ1) is 16.1. The standard InChI is InChI=1S/C15H17BrO4S/c1-8-10(7-13(16)21-8)14(17)9-5-11(18-2)15(20-4)12(6-9)19-3/h5-7,14,17H,1-4H3. The number of ether oxygens (including phenoxy) is 3. The van der Waals surface area contributed by atoms with Crippen LogP contribution in [0.25, 0.3) is 0 Å². The van der Waals surface area contributed by atoms with Gasteiger partial charge in [0.05, 0.1) is 25.1 Å². The Morgan fingerprint density at radius 1 is 1.05 bits per heavy atom. The molecule has 0 saturated carbocycles. The topological polar surface area (TPSA) is 47.9 Å². The smallest absolute Gasteiger partial charge is 0.203 e. The Morgan fingerprint density at radius 3 is 2.00 bits per heavy atom. The van der Waals surface area contributed by atoms with Gasteiger partial charge in [0, 0.05) is 4.88 Å². The summed E-state index contributed by atoms with van der Waals surface area (Å²) in [5.74, 6) is 1.56. The minimum Gasteiger partial charge on any atom is -0.493 e. The van der Waals surface area contributed by atoms with Gasteiger partial charge in [-0.1, -0.05) is 0 Å². The van der Waals surface area contributed by atoms with Crippen LogP contribution in [0.1, 0.15) is 22.1 Å². The van der Waals surface area contributed by atoms with Gasteiger partial charge in [0.2, 0.25) is 5.75 Å². The minimum atomic E-state index is -0.749. The Balaban J connectivity index is 2.51. The maximum Gasteiger partial charge on any atom is 0.203 e. The van der Waals surface area contributed by atoms with Gasteiger partial charge >= 0.3 is 0 Å². The van der Waals surface area contributed by atoms with E-state index < -0.39 is 6.10 Å². The Morgan fingerprint density at radius 2 is 1.62 bits per heavy atom. The lowest BCUT2D eigenvalue weighted by Crippen LogP contribution is -2.03. The van der Waals surface area contributed by atoms with Crippen molar-refractivity contribution in [2.24, 2.45) is 0 Å². The highest BCUT2D eigenvalue weighted by Gasteiger charge is 2.20. The number of hydrogen-bond donors (Lipinski definition) is 1. The molecule has 4 nitrogen and oxygen atoms in total. The monoisotopic (exact) mass is 372 g/mol. The second-order valence-electron chi connectivity index (χ2n) is 4.42. The maximum atomic E-state index is 10.6. The SMILES string of the molecule is COc1cc(C(O)c2cc(Br)sc2C)cc(OC)c1OC. The van der Waals surface area contributed by atoms with Gasteiger partial charge in [-0.2, -0.15) is 0 Å². The molecular formula is C15H17BrO4S. The van der Waals surface area contributed by atoms with Gasteiger partial charge in [-0.25, -0.2) is 0 Å². The highest BCUT2D eigenvalue weighted by Crippen LogP contribution is 2.42. The van der Waals surface area contributed by atoms with E-state index in [-0.39, 0.29) is 0 Å². The maximum absolute atomic E-state index is 10.6. The number of thiophene rings is 1. The molecular weight excluding hydrogens is 356 g/mol. The predicted octanol–water partition coefficient (Wildman–Crippen LogP) is 3.93. The molecule has 1 N–H and O–H groups in total. The van der Waals surface area contributed by atoms with E-state index >= 15 is 0 Å². The molecule has 0 fully saturated rings. The summed E-state index contributed by atoms with van der Waals surface area (Å²) in [4.78, 5) is 1.06. The van der Waals surface area contributed by atoms with Crippen LogP contribution < -0.4 is 14.2 Å². The first-order valence-electron chi connectivity index (χ1n) is 6.25. The van der Waals surface area contributed by atoms with Crippen molar-refractivity contribution in [3.8, 4) is 17.2 Å². The van der Waals surface area contributed by atoms with E-state index in [0.29, 0.717) is 22.8 Å². The van der Waals surface area contributed by atoms with Crippen molar-refractivity contribution < 1.29 is 19.3 Å². The van der Waals surface area contributed by atoms with Gasteiger partial charge in [-0.05, 0) is 52.2 Å². The molecule has 1 heterocycles. The number of aliphatic hydroxyl groups excluding tert-OH is 1. The fraction of sp³-hybridized carbons (Fsp3) is 0.333. The zero-order valence-corrected chi connectivity index (χ0v) is 14.7. The largest absolute Gasteiger partial charge is 0.493 e. The van der Waals surface area contributed by atoms with Gasteiger partial charge in [-0.15, -0.1) is 11.3 Å². The van der Waals surface area contributed by atoms with Crippen molar-refractivity contribution in [3.05, 3.63) is 38.0 Å². The third-order valence-electron chi connectivity index (χ3n) is 3.22. The first-order chi connectivity index (χ1) is 10.0. The Hall–Kier alpha value is -1.24. The zero-order chi connectivity index (χ0) is 15.6. The summed E-state index contributed by atoms with van der Waals surface area (Å²) in [5.41, 5.74) is 1.55. The molecule has 0 aliphatic carbocycles. The molecule has 1 atom stereocenters. The molecule has 1 aromatic heterocycles. The summed E-state index contributed by atoms with van der Waals surface area (Å²) in [6, 6.07) is 5.45. The molecule has 0 aliphatic rings. The minimum absolute atomic E-state index is 0.513. The van der Waals surface area contributed by atoms with Crippen LogP contribution in [0.5, 0.6) is 17.2 Å². The summed E-state index contributed by atoms with van der Waals surface area (Å²) in [5, 5.41) is 10.6. The van der Waals surface area contributed by atoms with Crippen LogP contribution in [0.4, 0.5) is 0 Å². The number of aliphatic hydroxyl groups is 1. The molecule has 6 heteroatoms. The van der Waals surface area contributed by atoms with E-state index in [4.69, 9.17) is 14.2 Å². The van der Waals surface area contributed by atoms with Gasteiger partial charge < -0.3 is 19.3 Å². The van der Waals surface area contributed by atoms with E-state index in [1.807, 2.05) is 13.0 Å². The second kappa shape index (κ2) is 6.68. The van der Waals surface area contributed by atoms with Crippen LogP contribution in [0.2, 0.25) is 0 Å². The molecule has 0 amide bonds. The molecule has 114 valence electrons. The molecule has 0 spiro atoms. The third kappa shape index (κ3) is 3.17. The Labute approximate surface area is 136 Å². The number of benzene rings is 1.